The Bertz CT molecular complexity index is 1960. The van der Waals surface area contributed by atoms with Gasteiger partial charge in [0.1, 0.15) is 5.75 Å². The molecule has 0 aliphatic carbocycles. The van der Waals surface area contributed by atoms with Crippen molar-refractivity contribution >= 4 is 23.2 Å². The van der Waals surface area contributed by atoms with E-state index in [0.29, 0.717) is 24.4 Å². The highest BCUT2D eigenvalue weighted by atomic mass is 16.5. The van der Waals surface area contributed by atoms with Gasteiger partial charge in [0.15, 0.2) is 5.41 Å². The van der Waals surface area contributed by atoms with Crippen LogP contribution in [0.25, 0.3) is 0 Å². The Balaban J connectivity index is 1.38. The number of nitrogens with zero attached hydrogens (tertiary/aromatic N) is 2. The lowest BCUT2D eigenvalue weighted by Gasteiger charge is -2.37. The van der Waals surface area contributed by atoms with Crippen molar-refractivity contribution in [2.45, 2.75) is 38.0 Å². The quantitative estimate of drug-likeness (QED) is 0.238. The number of carbonyl (C=O) groups is 2. The first-order chi connectivity index (χ1) is 20.9. The van der Waals surface area contributed by atoms with Crippen molar-refractivity contribution in [3.8, 4) is 5.75 Å². The summed E-state index contributed by atoms with van der Waals surface area (Å²) in [5.74, 6) is 0.177. The van der Waals surface area contributed by atoms with Gasteiger partial charge in [-0.05, 0) is 43.2 Å². The minimum Gasteiger partial charge on any atom is -0.470 e. The molecule has 2 amide bonds. The fraction of sp³-hybridized carbons (Fsp3) is 0.158. The Morgan fingerprint density at radius 2 is 1.07 bits per heavy atom. The van der Waals surface area contributed by atoms with E-state index in [2.05, 4.69) is 25.1 Å². The van der Waals surface area contributed by atoms with Gasteiger partial charge < -0.3 is 14.5 Å². The van der Waals surface area contributed by atoms with Gasteiger partial charge in [0, 0.05) is 22.4 Å². The van der Waals surface area contributed by atoms with Gasteiger partial charge in [0.05, 0.1) is 18.8 Å². The maximum absolute atomic E-state index is 15.3. The molecule has 2 unspecified atom stereocenters. The molecule has 0 saturated heterocycles. The average Bonchev–Trinajstić information content (AvgIpc) is 3.55. The van der Waals surface area contributed by atoms with Crippen molar-refractivity contribution in [3.05, 3.63) is 160 Å². The number of benzene rings is 5. The van der Waals surface area contributed by atoms with E-state index in [1.165, 1.54) is 0 Å². The number of rotatable bonds is 4. The summed E-state index contributed by atoms with van der Waals surface area (Å²) in [5, 5.41) is 0. The molecule has 0 saturated carbocycles. The zero-order valence-electron chi connectivity index (χ0n) is 24.1. The normalized spacial score (nSPS) is 21.3. The zero-order valence-corrected chi connectivity index (χ0v) is 24.1. The highest BCUT2D eigenvalue weighted by Gasteiger charge is 2.77. The van der Waals surface area contributed by atoms with E-state index in [9.17, 15) is 0 Å². The number of hydrogen-bond acceptors (Lipinski definition) is 3. The molecule has 0 aromatic heterocycles. The molecule has 3 heterocycles. The van der Waals surface area contributed by atoms with Crippen LogP contribution in [0, 0.1) is 13.8 Å². The smallest absolute Gasteiger partial charge is 0.278 e. The molecule has 5 aromatic carbocycles. The number of carbonyl (C=O) groups excluding carboxylic acids is 2. The predicted octanol–water partition coefficient (Wildman–Crippen LogP) is 6.97. The molecule has 0 radical (unpaired) electrons. The lowest BCUT2D eigenvalue weighted by Crippen LogP contribution is -2.60. The van der Waals surface area contributed by atoms with Gasteiger partial charge in [-0.25, -0.2) is 0 Å². The number of aryl methyl sites for hydroxylation is 2. The first-order valence-electron chi connectivity index (χ1n) is 14.7. The van der Waals surface area contributed by atoms with Crippen LogP contribution in [0.3, 0.4) is 0 Å². The predicted molar refractivity (Wildman–Crippen MR) is 167 cm³/mol. The molecule has 5 heteroatoms. The van der Waals surface area contributed by atoms with Crippen molar-refractivity contribution < 1.29 is 14.3 Å². The molecule has 5 nitrogen and oxygen atoms in total. The summed E-state index contributed by atoms with van der Waals surface area (Å²) in [4.78, 5) is 34.2. The Kier molecular flexibility index (Phi) is 5.45. The van der Waals surface area contributed by atoms with Crippen LogP contribution in [0.2, 0.25) is 0 Å². The summed E-state index contributed by atoms with van der Waals surface area (Å²) in [7, 11) is 0. The summed E-state index contributed by atoms with van der Waals surface area (Å²) in [5.41, 5.74) is 5.08. The first-order valence-corrected chi connectivity index (χ1v) is 14.7. The molecule has 8 rings (SSSR count). The van der Waals surface area contributed by atoms with Gasteiger partial charge in [0.2, 0.25) is 11.5 Å². The lowest BCUT2D eigenvalue weighted by molar-refractivity contribution is -0.143. The van der Waals surface area contributed by atoms with Crippen LogP contribution in [0.15, 0.2) is 121 Å². The third-order valence-corrected chi connectivity index (χ3v) is 9.21. The molecule has 0 bridgehead atoms. The van der Waals surface area contributed by atoms with E-state index < -0.39 is 11.0 Å². The molecular weight excluding hydrogens is 532 g/mol. The molecule has 3 aliphatic rings. The van der Waals surface area contributed by atoms with E-state index >= 15 is 9.59 Å². The SMILES string of the molecule is Cc1cccc(CN2C(=O)C3(Oc4ccccc4C34C(=O)N(Cc3cccc(C)c3)c3ccccc34)c3ccccc32)c1. The average molecular weight is 563 g/mol. The van der Waals surface area contributed by atoms with Crippen LogP contribution in [0.4, 0.5) is 11.4 Å². The second-order valence-electron chi connectivity index (χ2n) is 11.8. The summed E-state index contributed by atoms with van der Waals surface area (Å²) < 4.78 is 6.93. The zero-order chi connectivity index (χ0) is 29.3. The lowest BCUT2D eigenvalue weighted by atomic mass is 9.62. The van der Waals surface area contributed by atoms with E-state index in [1.54, 1.807) is 4.90 Å². The number of amides is 2. The molecule has 2 atom stereocenters. The van der Waals surface area contributed by atoms with Crippen molar-refractivity contribution in [2.24, 2.45) is 0 Å². The molecule has 5 aromatic rings. The molecule has 3 aliphatic heterocycles. The Hall–Kier alpha value is -5.16. The summed E-state index contributed by atoms with van der Waals surface area (Å²) in [6.07, 6.45) is 0. The number of anilines is 2. The van der Waals surface area contributed by atoms with E-state index in [0.717, 1.165) is 44.8 Å². The molecule has 210 valence electrons. The fourth-order valence-electron chi connectivity index (χ4n) is 7.53. The minimum absolute atomic E-state index is 0.152. The van der Waals surface area contributed by atoms with E-state index in [-0.39, 0.29) is 11.8 Å². The van der Waals surface area contributed by atoms with Gasteiger partial charge in [-0.1, -0.05) is 114 Å². The van der Waals surface area contributed by atoms with Gasteiger partial charge in [-0.15, -0.1) is 0 Å². The van der Waals surface area contributed by atoms with Gasteiger partial charge in [0.25, 0.3) is 5.91 Å². The summed E-state index contributed by atoms with van der Waals surface area (Å²) in [6, 6.07) is 39.8. The largest absolute Gasteiger partial charge is 0.470 e. The molecular formula is C38H30N2O3. The molecule has 0 N–H and O–H groups in total. The summed E-state index contributed by atoms with van der Waals surface area (Å²) in [6.45, 7) is 4.86. The van der Waals surface area contributed by atoms with Crippen LogP contribution < -0.4 is 14.5 Å². The highest BCUT2D eigenvalue weighted by Crippen LogP contribution is 2.66. The van der Waals surface area contributed by atoms with E-state index in [1.807, 2.05) is 115 Å². The second kappa shape index (κ2) is 9.17. The van der Waals surface area contributed by atoms with Crippen LogP contribution in [-0.2, 0) is 33.7 Å². The Labute approximate surface area is 251 Å². The first kappa shape index (κ1) is 25.5. The maximum Gasteiger partial charge on any atom is 0.278 e. The van der Waals surface area contributed by atoms with Gasteiger partial charge >= 0.3 is 0 Å². The van der Waals surface area contributed by atoms with Crippen LogP contribution >= 0.6 is 0 Å². The minimum atomic E-state index is -1.61. The third-order valence-electron chi connectivity index (χ3n) is 9.21. The maximum atomic E-state index is 15.3. The number of para-hydroxylation sites is 3. The Morgan fingerprint density at radius 3 is 1.70 bits per heavy atom. The number of ether oxygens (including phenoxy) is 1. The monoisotopic (exact) mass is 562 g/mol. The van der Waals surface area contributed by atoms with Crippen LogP contribution in [0.1, 0.15) is 38.9 Å². The second-order valence-corrected chi connectivity index (χ2v) is 11.8. The van der Waals surface area contributed by atoms with Gasteiger partial charge in [-0.2, -0.15) is 0 Å². The van der Waals surface area contributed by atoms with Crippen LogP contribution in [-0.4, -0.2) is 11.8 Å². The molecule has 0 fully saturated rings. The molecule has 2 spiro atoms. The van der Waals surface area contributed by atoms with E-state index in [4.69, 9.17) is 4.74 Å². The topological polar surface area (TPSA) is 49.9 Å². The third kappa shape index (κ3) is 3.33. The Morgan fingerprint density at radius 1 is 0.558 bits per heavy atom. The molecule has 43 heavy (non-hydrogen) atoms. The fourth-order valence-corrected chi connectivity index (χ4v) is 7.53. The van der Waals surface area contributed by atoms with Gasteiger partial charge in [-0.3, -0.25) is 9.59 Å². The van der Waals surface area contributed by atoms with Crippen molar-refractivity contribution in [1.82, 2.24) is 0 Å². The van der Waals surface area contributed by atoms with Crippen molar-refractivity contribution in [3.63, 3.8) is 0 Å². The summed E-state index contributed by atoms with van der Waals surface area (Å²) >= 11 is 0. The highest BCUT2D eigenvalue weighted by molar-refractivity contribution is 6.21. The van der Waals surface area contributed by atoms with Crippen molar-refractivity contribution in [2.75, 3.05) is 9.80 Å². The number of hydrogen-bond donors (Lipinski definition) is 0. The van der Waals surface area contributed by atoms with Crippen molar-refractivity contribution in [1.29, 1.82) is 0 Å². The van der Waals surface area contributed by atoms with Crippen LogP contribution in [0.5, 0.6) is 5.75 Å². The number of fused-ring (bicyclic) bond motifs is 7. The standard InChI is InChI=1S/C38H30N2O3/c1-25-11-9-13-27(21-25)23-39-32-18-6-3-15-29(32)37(35(39)41)31-17-5-8-20-34(31)43-38(37)30-16-4-7-19-33(30)40(36(38)42)24-28-14-10-12-26(2)22-28/h3-22H,23-24H2,1-2H3.